The van der Waals surface area contributed by atoms with Crippen molar-refractivity contribution in [3.63, 3.8) is 0 Å². The molecule has 760 valence electrons. The Labute approximate surface area is 877 Å². The van der Waals surface area contributed by atoms with Crippen LogP contribution in [0.25, 0.3) is 22.8 Å². The first-order valence-electron chi connectivity index (χ1n) is 47.4. The molecule has 4 amide bonds. The lowest BCUT2D eigenvalue weighted by molar-refractivity contribution is -0.114. The minimum Gasteiger partial charge on any atom is -0.496 e. The second kappa shape index (κ2) is 54.7. The summed E-state index contributed by atoms with van der Waals surface area (Å²) >= 11 is 10.9. The zero-order chi connectivity index (χ0) is 104. The van der Waals surface area contributed by atoms with Gasteiger partial charge < -0.3 is 57.3 Å². The zero-order valence-corrected chi connectivity index (χ0v) is 87.0. The molecule has 1 N–H and O–H groups in total. The third-order valence-corrected chi connectivity index (χ3v) is 28.3. The highest BCUT2D eigenvalue weighted by molar-refractivity contribution is 7.89. The van der Waals surface area contributed by atoms with E-state index >= 15 is 0 Å². The third kappa shape index (κ3) is 31.8. The molecule has 0 saturated carbocycles. The molecule has 1 aliphatic rings. The summed E-state index contributed by atoms with van der Waals surface area (Å²) in [6.45, 7) is 14.8. The second-order valence-electron chi connectivity index (χ2n) is 34.3. The van der Waals surface area contributed by atoms with Crippen molar-refractivity contribution < 1.29 is 69.2 Å². The number of nitriles is 1. The van der Waals surface area contributed by atoms with Gasteiger partial charge in [0.1, 0.15) is 23.1 Å². The first-order chi connectivity index (χ1) is 71.9. The molecular formula is C114H112ClFN14O14S4. The van der Waals surface area contributed by atoms with Crippen LogP contribution in [0.3, 0.4) is 0 Å². The van der Waals surface area contributed by atoms with Crippen LogP contribution < -0.4 is 19.5 Å². The largest absolute Gasteiger partial charge is 0.496 e. The third-order valence-electron chi connectivity index (χ3n) is 23.5. The van der Waals surface area contributed by atoms with Crippen LogP contribution in [0, 0.1) is 31.0 Å². The molecule has 1 atom stereocenters. The SMILES string of the molecule is CC(=O)Nc1cccc(C(C)N(Cc2ccccc2)Cc2nc(-c3ccc(Cl)cc3)no2)c1.COCc1ccc(C(=O)N(Cc2cccs2)Cc2ccccc2OC)cc1.COc1ccccc1CN(Cc1cccs1)C(=O)c1ccc(-c2nc(C)no2)cc1.COc1ccccc1CN(Cc1cccs1)C(=O)c1ccc(S(=O)(=O)N2CCOCC2)cc1.Cc1noc(CN(Cc2ccc(C#N)cc2)Cc2cccc(F)c2)n1. The van der Waals surface area contributed by atoms with E-state index in [4.69, 9.17) is 54.1 Å². The standard InChI is InChI=1S/C26H25ClN4O2.C24H26N2O5S2.C23H21N3O3S.C22H23NO3S.C19H17FN4O/c1-18(22-9-6-10-24(15-22)28-19(2)32)31(16-20-7-4-3-5-8-20)17-25-29-26(30-33-25)21-11-13-23(27)14-12-21;1-30-23-7-3-2-5-20(23)17-25(18-21-6-4-16-32-21)24(27)19-8-10-22(11-9-19)33(28,29)26-12-14-31-15-13-26;1-16-24-22(29-25-16)17-9-11-18(12-10-17)23(27)26(15-20-7-5-13-30-20)14-19-6-3-4-8-21(19)28-2;1-25-16-17-9-11-18(12-10-17)22(24)23(15-20-7-5-13-27-20)14-19-6-3-4-8-21(19)26-2;1-14-22-19(25-23-14)13-24(12-17-3-2-4-18(20)9-17)11-16-7-5-15(10-21)6-8-16/h3-15,18H,16-17H2,1-2H3,(H,28,32);2-11,16H,12-15,17-18H2,1H3;3-13H,14-15H2,1-2H3;3-13H,14-16H2,1-2H3;2-9H,11-13H2,1H3. The number of hydrogen-bond acceptors (Lipinski definition) is 26. The Morgan fingerprint density at radius 1 is 0.473 bits per heavy atom. The zero-order valence-electron chi connectivity index (χ0n) is 83.0. The number of hydrogen-bond donors (Lipinski definition) is 1. The van der Waals surface area contributed by atoms with Gasteiger partial charge in [-0.05, 0) is 222 Å². The van der Waals surface area contributed by atoms with Gasteiger partial charge >= 0.3 is 0 Å². The monoisotopic (exact) mass is 2080 g/mol. The molecule has 1 fully saturated rings. The maximum absolute atomic E-state index is 13.5. The van der Waals surface area contributed by atoms with E-state index in [0.717, 1.165) is 81.9 Å². The lowest BCUT2D eigenvalue weighted by Crippen LogP contribution is -2.40. The number of thiophene rings is 3. The van der Waals surface area contributed by atoms with Crippen molar-refractivity contribution in [2.45, 2.75) is 117 Å². The molecule has 0 spiro atoms. The number of rotatable bonds is 37. The predicted molar refractivity (Wildman–Crippen MR) is 569 cm³/mol. The molecule has 148 heavy (non-hydrogen) atoms. The highest BCUT2D eigenvalue weighted by Crippen LogP contribution is 2.33. The average Bonchev–Trinajstić information content (AvgIpc) is 1.32. The number of sulfonamides is 1. The Morgan fingerprint density at radius 3 is 1.43 bits per heavy atom. The minimum absolute atomic E-state index is 0.00160. The van der Waals surface area contributed by atoms with Gasteiger partial charge in [-0.25, -0.2) is 12.8 Å². The number of benzene rings is 11. The summed E-state index contributed by atoms with van der Waals surface area (Å²) in [7, 11) is 2.95. The summed E-state index contributed by atoms with van der Waals surface area (Å²) in [5.41, 5.74) is 12.8. The second-order valence-corrected chi connectivity index (χ2v) is 39.7. The van der Waals surface area contributed by atoms with E-state index in [-0.39, 0.29) is 40.4 Å². The topological polar surface area (TPSA) is 321 Å². The molecule has 34 heteroatoms. The van der Waals surface area contributed by atoms with Crippen molar-refractivity contribution in [2.75, 3.05) is 60.1 Å². The smallest absolute Gasteiger partial charge is 0.257 e. The lowest BCUT2D eigenvalue weighted by Gasteiger charge is -2.28. The number of aryl methyl sites for hydroxylation is 2. The first-order valence-corrected chi connectivity index (χ1v) is 51.9. The van der Waals surface area contributed by atoms with Gasteiger partial charge in [0.15, 0.2) is 11.6 Å². The molecular weight excluding hydrogens is 1970 g/mol. The molecule has 7 heterocycles. The van der Waals surface area contributed by atoms with Gasteiger partial charge in [0.25, 0.3) is 23.6 Å². The number of para-hydroxylation sites is 3. The number of aromatic nitrogens is 6. The van der Waals surface area contributed by atoms with E-state index in [9.17, 15) is 32.0 Å². The summed E-state index contributed by atoms with van der Waals surface area (Å²) in [5.74, 6) is 4.86. The fraction of sp³-hybridized carbons (Fsp3) is 0.219. The number of ether oxygens (including phenoxy) is 5. The Hall–Kier alpha value is -15.3. The van der Waals surface area contributed by atoms with Gasteiger partial charge in [-0.15, -0.1) is 34.0 Å². The van der Waals surface area contributed by atoms with Crippen LogP contribution in [-0.4, -0.2) is 146 Å². The Morgan fingerprint density at radius 2 is 0.939 bits per heavy atom. The van der Waals surface area contributed by atoms with Gasteiger partial charge in [-0.3, -0.25) is 29.0 Å². The van der Waals surface area contributed by atoms with E-state index in [1.54, 1.807) is 136 Å². The number of amides is 4. The van der Waals surface area contributed by atoms with E-state index in [1.165, 1.54) is 41.1 Å². The molecule has 0 radical (unpaired) electrons. The van der Waals surface area contributed by atoms with Crippen LogP contribution >= 0.6 is 45.6 Å². The van der Waals surface area contributed by atoms with Crippen LogP contribution in [0.2, 0.25) is 5.02 Å². The summed E-state index contributed by atoms with van der Waals surface area (Å²) in [6.07, 6.45) is 0. The predicted octanol–water partition coefficient (Wildman–Crippen LogP) is 23.0. The van der Waals surface area contributed by atoms with Crippen LogP contribution in [0.15, 0.2) is 344 Å². The fourth-order valence-electron chi connectivity index (χ4n) is 16.1. The molecule has 1 aliphatic heterocycles. The molecule has 17 aromatic rings. The van der Waals surface area contributed by atoms with Crippen molar-refractivity contribution in [1.82, 2.24) is 59.2 Å². The summed E-state index contributed by atoms with van der Waals surface area (Å²) in [5, 5.41) is 30.2. The van der Waals surface area contributed by atoms with Gasteiger partial charge in [0.05, 0.1) is 110 Å². The lowest BCUT2D eigenvalue weighted by atomic mass is 10.0. The van der Waals surface area contributed by atoms with E-state index in [0.29, 0.717) is 173 Å². The molecule has 18 rings (SSSR count). The number of halogens is 2. The van der Waals surface area contributed by atoms with Gasteiger partial charge in [0, 0.05) is 123 Å². The first kappa shape index (κ1) is 108. The maximum Gasteiger partial charge on any atom is 0.257 e. The van der Waals surface area contributed by atoms with Gasteiger partial charge in [-0.2, -0.15) is 24.5 Å². The van der Waals surface area contributed by atoms with Crippen molar-refractivity contribution >= 4 is 85.0 Å². The normalized spacial score (nSPS) is 11.9. The van der Waals surface area contributed by atoms with Crippen LogP contribution in [0.1, 0.15) is 139 Å². The van der Waals surface area contributed by atoms with Crippen molar-refractivity contribution in [3.05, 3.63) is 441 Å². The number of nitrogens with one attached hydrogen (secondary N) is 1. The minimum atomic E-state index is -3.61. The Bertz CT molecular complexity index is 7240. The van der Waals surface area contributed by atoms with E-state index in [1.807, 2.05) is 232 Å². The summed E-state index contributed by atoms with van der Waals surface area (Å²) in [4.78, 5) is 77.9. The molecule has 6 aromatic heterocycles. The van der Waals surface area contributed by atoms with Crippen molar-refractivity contribution in [2.24, 2.45) is 0 Å². The van der Waals surface area contributed by atoms with Crippen LogP contribution in [-0.2, 0) is 103 Å². The number of anilines is 1. The fourth-order valence-corrected chi connectivity index (χ4v) is 19.8. The average molecular weight is 2080 g/mol. The quantitative estimate of drug-likeness (QED) is 0.0378. The number of carbonyl (C=O) groups excluding carboxylic acids is 4. The number of nitrogens with zero attached hydrogens (tertiary/aromatic N) is 13. The number of methoxy groups -OCH3 is 4. The Kier molecular flexibility index (Phi) is 40.1. The van der Waals surface area contributed by atoms with E-state index in [2.05, 4.69) is 82.8 Å². The van der Waals surface area contributed by atoms with E-state index < -0.39 is 10.0 Å². The van der Waals surface area contributed by atoms with Crippen molar-refractivity contribution in [3.8, 4) is 46.2 Å². The maximum atomic E-state index is 13.5. The van der Waals surface area contributed by atoms with Gasteiger partial charge in [0.2, 0.25) is 33.5 Å². The highest BCUT2D eigenvalue weighted by atomic mass is 35.5. The Balaban J connectivity index is 0.000000147. The molecule has 0 bridgehead atoms. The molecule has 1 unspecified atom stereocenters. The van der Waals surface area contributed by atoms with Gasteiger partial charge in [-0.1, -0.05) is 179 Å². The number of carbonyl (C=O) groups is 4. The molecule has 11 aromatic carbocycles. The van der Waals surface area contributed by atoms with Crippen LogP contribution in [0.5, 0.6) is 17.2 Å². The molecule has 1 saturated heterocycles. The number of morpholine rings is 1. The molecule has 28 nitrogen and oxygen atoms in total. The summed E-state index contributed by atoms with van der Waals surface area (Å²) < 4.78 is 83.5. The molecule has 0 aliphatic carbocycles. The summed E-state index contributed by atoms with van der Waals surface area (Å²) in [6, 6.07) is 97.8. The van der Waals surface area contributed by atoms with Crippen molar-refractivity contribution in [1.29, 1.82) is 5.26 Å². The highest BCUT2D eigenvalue weighted by Gasteiger charge is 2.30. The van der Waals surface area contributed by atoms with Crippen LogP contribution in [0.4, 0.5) is 10.1 Å².